The number of hydrogen-bond donors (Lipinski definition) is 1. The van der Waals surface area contributed by atoms with Gasteiger partial charge >= 0.3 is 7.48 Å². The first kappa shape index (κ1) is 11.5. The van der Waals surface area contributed by atoms with E-state index in [0.717, 1.165) is 11.2 Å². The number of rotatable bonds is 2. The minimum atomic E-state index is -2.83. The average Bonchev–Trinajstić information content (AvgIpc) is 2.29. The van der Waals surface area contributed by atoms with Gasteiger partial charge in [-0.25, -0.2) is 8.42 Å². The minimum Gasteiger partial charge on any atom is -0.449 e. The summed E-state index contributed by atoms with van der Waals surface area (Å²) >= 11 is 0. The molecule has 0 saturated carbocycles. The second-order valence-corrected chi connectivity index (χ2v) is 6.27. The van der Waals surface area contributed by atoms with Crippen molar-refractivity contribution < 1.29 is 13.4 Å². The molecule has 0 bridgehead atoms. The fourth-order valence-electron chi connectivity index (χ4n) is 1.82. The summed E-state index contributed by atoms with van der Waals surface area (Å²) in [5.41, 5.74) is 1.84. The first-order valence-electron chi connectivity index (χ1n) is 5.26. The van der Waals surface area contributed by atoms with E-state index >= 15 is 0 Å². The molecule has 1 N–H and O–H groups in total. The van der Waals surface area contributed by atoms with E-state index < -0.39 is 9.84 Å². The zero-order valence-corrected chi connectivity index (χ0v) is 9.78. The fourth-order valence-corrected chi connectivity index (χ4v) is 3.02. The van der Waals surface area contributed by atoms with Gasteiger partial charge in [0.05, 0.1) is 11.5 Å². The van der Waals surface area contributed by atoms with Crippen molar-refractivity contribution in [1.29, 1.82) is 0 Å². The minimum absolute atomic E-state index is 0.0139. The van der Waals surface area contributed by atoms with E-state index in [-0.39, 0.29) is 19.0 Å². The summed E-state index contributed by atoms with van der Waals surface area (Å²) in [6.07, 6.45) is 0. The molecule has 0 unspecified atom stereocenters. The van der Waals surface area contributed by atoms with Crippen molar-refractivity contribution in [2.24, 2.45) is 0 Å². The highest BCUT2D eigenvalue weighted by atomic mass is 32.2. The van der Waals surface area contributed by atoms with Crippen LogP contribution in [0.2, 0.25) is 0 Å². The number of nitrogens with zero attached hydrogens (tertiary/aromatic N) is 1. The molecule has 0 spiro atoms. The van der Waals surface area contributed by atoms with E-state index in [2.05, 4.69) is 0 Å². The normalized spacial score (nSPS) is 19.4. The molecule has 0 amide bonds. The number of sulfone groups is 1. The fraction of sp³-hybridized carbons (Fsp3) is 0.400. The zero-order chi connectivity index (χ0) is 11.6. The summed E-state index contributed by atoms with van der Waals surface area (Å²) in [7, 11) is -2.82. The predicted molar refractivity (Wildman–Crippen MR) is 66.3 cm³/mol. The van der Waals surface area contributed by atoms with E-state index in [1.165, 1.54) is 0 Å². The number of benzene rings is 1. The van der Waals surface area contributed by atoms with Gasteiger partial charge in [-0.3, -0.25) is 0 Å². The van der Waals surface area contributed by atoms with Gasteiger partial charge in [0.2, 0.25) is 0 Å². The highest BCUT2D eigenvalue weighted by Crippen LogP contribution is 2.15. The van der Waals surface area contributed by atoms with Gasteiger partial charge in [0, 0.05) is 18.8 Å². The molecule has 1 aromatic carbocycles. The molecule has 0 radical (unpaired) electrons. The van der Waals surface area contributed by atoms with Gasteiger partial charge in [-0.15, -0.1) is 0 Å². The summed E-state index contributed by atoms with van der Waals surface area (Å²) in [6, 6.07) is 7.57. The van der Waals surface area contributed by atoms with Gasteiger partial charge in [0.1, 0.15) is 0 Å². The van der Waals surface area contributed by atoms with Crippen molar-refractivity contribution in [1.82, 2.24) is 0 Å². The maximum Gasteiger partial charge on any atom is 0.304 e. The molecule has 0 atom stereocenters. The quantitative estimate of drug-likeness (QED) is 0.665. The number of hydrogen-bond acceptors (Lipinski definition) is 4. The Balaban J connectivity index is 2.13. The number of anilines is 1. The molecular formula is C10H14BNO3S. The van der Waals surface area contributed by atoms with Gasteiger partial charge in [-0.2, -0.15) is 0 Å². The van der Waals surface area contributed by atoms with Crippen molar-refractivity contribution in [2.75, 3.05) is 29.5 Å². The van der Waals surface area contributed by atoms with E-state index in [9.17, 15) is 8.42 Å². The largest absolute Gasteiger partial charge is 0.449 e. The molecule has 2 rings (SSSR count). The Kier molecular flexibility index (Phi) is 3.21. The Hall–Kier alpha value is -1.01. The van der Waals surface area contributed by atoms with Crippen molar-refractivity contribution in [3.8, 4) is 0 Å². The molecule has 1 heterocycles. The molecule has 1 aliphatic heterocycles. The molecule has 1 aromatic rings. The molecule has 16 heavy (non-hydrogen) atoms. The van der Waals surface area contributed by atoms with Gasteiger partial charge in [-0.05, 0) is 12.1 Å². The highest BCUT2D eigenvalue weighted by molar-refractivity contribution is 7.91. The molecule has 0 aliphatic carbocycles. The van der Waals surface area contributed by atoms with Crippen LogP contribution in [0.4, 0.5) is 5.69 Å². The van der Waals surface area contributed by atoms with E-state index in [1.54, 1.807) is 0 Å². The van der Waals surface area contributed by atoms with Crippen molar-refractivity contribution in [3.05, 3.63) is 24.3 Å². The van der Waals surface area contributed by atoms with Crippen LogP contribution in [0.25, 0.3) is 0 Å². The third-order valence-corrected chi connectivity index (χ3v) is 4.41. The molecule has 6 heteroatoms. The molecule has 86 valence electrons. The van der Waals surface area contributed by atoms with Crippen LogP contribution in [0, 0.1) is 0 Å². The van der Waals surface area contributed by atoms with Gasteiger partial charge in [0.25, 0.3) is 0 Å². The first-order chi connectivity index (χ1) is 7.61. The van der Waals surface area contributed by atoms with Gasteiger partial charge < -0.3 is 9.92 Å². The van der Waals surface area contributed by atoms with Crippen molar-refractivity contribution in [2.45, 2.75) is 0 Å². The third kappa shape index (κ3) is 2.57. The third-order valence-electron chi connectivity index (χ3n) is 2.80. The summed E-state index contributed by atoms with van der Waals surface area (Å²) in [4.78, 5) is 2.04. The van der Waals surface area contributed by atoms with E-state index in [1.807, 2.05) is 29.2 Å². The van der Waals surface area contributed by atoms with Crippen molar-refractivity contribution >= 4 is 28.5 Å². The lowest BCUT2D eigenvalue weighted by atomic mass is 9.88. The Morgan fingerprint density at radius 3 is 2.56 bits per heavy atom. The van der Waals surface area contributed by atoms with Crippen LogP contribution < -0.4 is 10.4 Å². The first-order valence-corrected chi connectivity index (χ1v) is 7.08. The molecule has 1 fully saturated rings. The van der Waals surface area contributed by atoms with Crippen molar-refractivity contribution in [3.63, 3.8) is 0 Å². The Bertz CT molecular complexity index is 461. The highest BCUT2D eigenvalue weighted by Gasteiger charge is 2.21. The zero-order valence-electron chi connectivity index (χ0n) is 8.96. The Morgan fingerprint density at radius 2 is 1.94 bits per heavy atom. The maximum absolute atomic E-state index is 11.3. The van der Waals surface area contributed by atoms with Gasteiger partial charge in [-0.1, -0.05) is 17.6 Å². The van der Waals surface area contributed by atoms with Crippen LogP contribution in [0.15, 0.2) is 24.3 Å². The Morgan fingerprint density at radius 1 is 1.25 bits per heavy atom. The predicted octanol–water partition coefficient (Wildman–Crippen LogP) is -1.11. The van der Waals surface area contributed by atoms with Crippen LogP contribution in [0.5, 0.6) is 0 Å². The summed E-state index contributed by atoms with van der Waals surface area (Å²) in [6.45, 7) is 1.08. The van der Waals surface area contributed by atoms with Crippen LogP contribution in [-0.2, 0) is 9.84 Å². The molecule has 4 nitrogen and oxygen atoms in total. The SMILES string of the molecule is O=S1(=O)CCN(c2cccc(BO)c2)CC1. The topological polar surface area (TPSA) is 57.6 Å². The molecule has 1 saturated heterocycles. The van der Waals surface area contributed by atoms with E-state index in [0.29, 0.717) is 13.1 Å². The summed E-state index contributed by atoms with van der Waals surface area (Å²) in [5.74, 6) is 0.437. The summed E-state index contributed by atoms with van der Waals surface area (Å²) < 4.78 is 22.6. The Labute approximate surface area is 96.1 Å². The second-order valence-electron chi connectivity index (χ2n) is 3.97. The molecule has 1 aliphatic rings. The summed E-state index contributed by atoms with van der Waals surface area (Å²) in [5, 5.41) is 9.03. The van der Waals surface area contributed by atoms with Crippen LogP contribution in [-0.4, -0.2) is 45.5 Å². The lowest BCUT2D eigenvalue weighted by Crippen LogP contribution is -2.40. The average molecular weight is 239 g/mol. The van der Waals surface area contributed by atoms with Crippen LogP contribution in [0.1, 0.15) is 0 Å². The molecule has 0 aromatic heterocycles. The standard InChI is InChI=1S/C10H14BNO3S/c13-11-9-2-1-3-10(8-9)12-4-6-16(14,15)7-5-12/h1-3,8,11,13H,4-7H2. The maximum atomic E-state index is 11.3. The smallest absolute Gasteiger partial charge is 0.304 e. The monoisotopic (exact) mass is 239 g/mol. The van der Waals surface area contributed by atoms with E-state index in [4.69, 9.17) is 5.02 Å². The van der Waals surface area contributed by atoms with Crippen LogP contribution >= 0.6 is 0 Å². The lowest BCUT2D eigenvalue weighted by Gasteiger charge is -2.29. The van der Waals surface area contributed by atoms with Gasteiger partial charge in [0.15, 0.2) is 9.84 Å². The molecular weight excluding hydrogens is 225 g/mol. The lowest BCUT2D eigenvalue weighted by molar-refractivity contribution is 0.586. The van der Waals surface area contributed by atoms with Crippen LogP contribution in [0.3, 0.4) is 0 Å². The second kappa shape index (κ2) is 4.47.